The number of pyridine rings is 1. The first-order valence-electron chi connectivity index (χ1n) is 9.74. The molecule has 0 spiro atoms. The van der Waals surface area contributed by atoms with Crippen molar-refractivity contribution in [2.45, 2.75) is 33.9 Å². The molecule has 0 amide bonds. The van der Waals surface area contributed by atoms with Gasteiger partial charge in [0, 0.05) is 37.6 Å². The molecule has 3 aromatic rings. The molecular formula is C22H28N6O. The summed E-state index contributed by atoms with van der Waals surface area (Å²) in [6.45, 7) is 7.88. The van der Waals surface area contributed by atoms with Crippen LogP contribution in [0.1, 0.15) is 29.4 Å². The Hall–Kier alpha value is -3.35. The third-order valence-corrected chi connectivity index (χ3v) is 4.44. The van der Waals surface area contributed by atoms with Crippen LogP contribution in [0.25, 0.3) is 5.82 Å². The van der Waals surface area contributed by atoms with Crippen molar-refractivity contribution in [2.75, 3.05) is 13.7 Å². The molecule has 2 aromatic heterocycles. The number of ether oxygens (including phenoxy) is 1. The normalized spacial score (nSPS) is 11.4. The van der Waals surface area contributed by atoms with Crippen LogP contribution in [0, 0.1) is 13.8 Å². The Labute approximate surface area is 171 Å². The smallest absolute Gasteiger partial charge is 0.191 e. The van der Waals surface area contributed by atoms with Gasteiger partial charge in [-0.05, 0) is 44.5 Å². The Morgan fingerprint density at radius 2 is 1.90 bits per heavy atom. The van der Waals surface area contributed by atoms with E-state index in [1.165, 1.54) is 0 Å². The molecular weight excluding hydrogens is 364 g/mol. The van der Waals surface area contributed by atoms with E-state index in [1.54, 1.807) is 7.05 Å². The van der Waals surface area contributed by atoms with Gasteiger partial charge < -0.3 is 15.4 Å². The van der Waals surface area contributed by atoms with Crippen molar-refractivity contribution in [3.63, 3.8) is 0 Å². The summed E-state index contributed by atoms with van der Waals surface area (Å²) in [5.74, 6) is 2.43. The maximum Gasteiger partial charge on any atom is 0.191 e. The van der Waals surface area contributed by atoms with Crippen LogP contribution < -0.4 is 15.4 Å². The lowest BCUT2D eigenvalue weighted by Gasteiger charge is -2.14. The fraction of sp³-hybridized carbons (Fsp3) is 0.318. The van der Waals surface area contributed by atoms with E-state index in [0.29, 0.717) is 19.7 Å². The van der Waals surface area contributed by atoms with Gasteiger partial charge in [-0.3, -0.25) is 4.99 Å². The van der Waals surface area contributed by atoms with Crippen molar-refractivity contribution in [1.82, 2.24) is 25.4 Å². The third-order valence-electron chi connectivity index (χ3n) is 4.44. The van der Waals surface area contributed by atoms with Gasteiger partial charge in [0.25, 0.3) is 0 Å². The van der Waals surface area contributed by atoms with Crippen molar-refractivity contribution < 1.29 is 4.74 Å². The molecule has 2 N–H and O–H groups in total. The molecule has 7 heteroatoms. The standard InChI is InChI=1S/C22H28N6O/c1-5-29-20-9-7-6-8-19(20)15-26-22(23-4)25-14-18-10-11-21(24-13-18)28-17(3)12-16(2)27-28/h6-13H,5,14-15H2,1-4H3,(H2,23,25,26). The second-order valence-electron chi connectivity index (χ2n) is 6.68. The molecule has 0 atom stereocenters. The topological polar surface area (TPSA) is 76.4 Å². The van der Waals surface area contributed by atoms with Gasteiger partial charge >= 0.3 is 0 Å². The van der Waals surface area contributed by atoms with Crippen LogP contribution in [0.4, 0.5) is 0 Å². The largest absolute Gasteiger partial charge is 0.494 e. The summed E-state index contributed by atoms with van der Waals surface area (Å²) in [7, 11) is 1.76. The molecule has 0 saturated carbocycles. The van der Waals surface area contributed by atoms with Crippen LogP contribution in [0.5, 0.6) is 5.75 Å². The van der Waals surface area contributed by atoms with Gasteiger partial charge in [0.2, 0.25) is 0 Å². The molecule has 0 bridgehead atoms. The molecule has 7 nitrogen and oxygen atoms in total. The number of nitrogens with one attached hydrogen (secondary N) is 2. The van der Waals surface area contributed by atoms with Crippen LogP contribution in [0.15, 0.2) is 53.7 Å². The van der Waals surface area contributed by atoms with Crippen molar-refractivity contribution in [2.24, 2.45) is 4.99 Å². The van der Waals surface area contributed by atoms with Gasteiger partial charge in [-0.2, -0.15) is 5.10 Å². The fourth-order valence-corrected chi connectivity index (χ4v) is 3.04. The zero-order valence-electron chi connectivity index (χ0n) is 17.4. The molecule has 0 aliphatic carbocycles. The molecule has 152 valence electrons. The van der Waals surface area contributed by atoms with Crippen LogP contribution in [0.2, 0.25) is 0 Å². The third kappa shape index (κ3) is 5.34. The van der Waals surface area contributed by atoms with Gasteiger partial charge in [0.05, 0.1) is 12.3 Å². The second kappa shape index (κ2) is 9.73. The van der Waals surface area contributed by atoms with Crippen molar-refractivity contribution >= 4 is 5.96 Å². The minimum atomic E-state index is 0.622. The summed E-state index contributed by atoms with van der Waals surface area (Å²) >= 11 is 0. The van der Waals surface area contributed by atoms with E-state index in [2.05, 4.69) is 25.7 Å². The highest BCUT2D eigenvalue weighted by molar-refractivity contribution is 5.79. The maximum absolute atomic E-state index is 5.67. The van der Waals surface area contributed by atoms with Crippen LogP contribution >= 0.6 is 0 Å². The monoisotopic (exact) mass is 392 g/mol. The predicted octanol–water partition coefficient (Wildman–Crippen LogP) is 3.15. The summed E-state index contributed by atoms with van der Waals surface area (Å²) in [6, 6.07) is 14.1. The summed E-state index contributed by atoms with van der Waals surface area (Å²) in [6.07, 6.45) is 1.86. The van der Waals surface area contributed by atoms with Crippen molar-refractivity contribution in [3.05, 3.63) is 71.2 Å². The number of aromatic nitrogens is 3. The Morgan fingerprint density at radius 3 is 2.55 bits per heavy atom. The number of benzene rings is 1. The lowest BCUT2D eigenvalue weighted by molar-refractivity contribution is 0.336. The van der Waals surface area contributed by atoms with E-state index in [4.69, 9.17) is 4.74 Å². The summed E-state index contributed by atoms with van der Waals surface area (Å²) < 4.78 is 7.52. The first kappa shape index (κ1) is 20.4. The first-order valence-corrected chi connectivity index (χ1v) is 9.74. The zero-order chi connectivity index (χ0) is 20.6. The van der Waals surface area contributed by atoms with E-state index in [1.807, 2.05) is 74.1 Å². The average molecular weight is 393 g/mol. The summed E-state index contributed by atoms with van der Waals surface area (Å²) in [5, 5.41) is 11.1. The number of guanidine groups is 1. The maximum atomic E-state index is 5.67. The number of hydrogen-bond donors (Lipinski definition) is 2. The van der Waals surface area contributed by atoms with Gasteiger partial charge in [-0.1, -0.05) is 24.3 Å². The molecule has 1 aromatic carbocycles. The Kier molecular flexibility index (Phi) is 6.84. The fourth-order valence-electron chi connectivity index (χ4n) is 3.04. The highest BCUT2D eigenvalue weighted by Crippen LogP contribution is 2.17. The number of aryl methyl sites for hydroxylation is 2. The van der Waals surface area contributed by atoms with Gasteiger partial charge in [-0.15, -0.1) is 0 Å². The highest BCUT2D eigenvalue weighted by Gasteiger charge is 2.06. The van der Waals surface area contributed by atoms with E-state index < -0.39 is 0 Å². The van der Waals surface area contributed by atoms with Gasteiger partial charge in [0.1, 0.15) is 5.75 Å². The minimum absolute atomic E-state index is 0.622. The molecule has 0 aliphatic heterocycles. The number of hydrogen-bond acceptors (Lipinski definition) is 4. The number of nitrogens with zero attached hydrogens (tertiary/aromatic N) is 4. The minimum Gasteiger partial charge on any atom is -0.494 e. The quantitative estimate of drug-likeness (QED) is 0.477. The lowest BCUT2D eigenvalue weighted by atomic mass is 10.2. The molecule has 0 radical (unpaired) electrons. The molecule has 2 heterocycles. The van der Waals surface area contributed by atoms with Crippen molar-refractivity contribution in [1.29, 1.82) is 0 Å². The zero-order valence-corrected chi connectivity index (χ0v) is 17.4. The molecule has 3 rings (SSSR count). The summed E-state index contributed by atoms with van der Waals surface area (Å²) in [5.41, 5.74) is 4.20. The van der Waals surface area contributed by atoms with E-state index >= 15 is 0 Å². The van der Waals surface area contributed by atoms with E-state index in [9.17, 15) is 0 Å². The second-order valence-corrected chi connectivity index (χ2v) is 6.68. The average Bonchev–Trinajstić information content (AvgIpc) is 3.08. The molecule has 0 saturated heterocycles. The Morgan fingerprint density at radius 1 is 1.10 bits per heavy atom. The molecule has 29 heavy (non-hydrogen) atoms. The SMILES string of the molecule is CCOc1ccccc1CNC(=NC)NCc1ccc(-n2nc(C)cc2C)nc1. The Bertz CT molecular complexity index is 962. The van der Waals surface area contributed by atoms with E-state index in [0.717, 1.165) is 40.0 Å². The van der Waals surface area contributed by atoms with Crippen LogP contribution in [-0.2, 0) is 13.1 Å². The number of para-hydroxylation sites is 1. The predicted molar refractivity (Wildman–Crippen MR) is 115 cm³/mol. The van der Waals surface area contributed by atoms with Crippen LogP contribution in [-0.4, -0.2) is 34.4 Å². The number of aliphatic imine (C=N–C) groups is 1. The number of rotatable bonds is 7. The first-order chi connectivity index (χ1) is 14.1. The van der Waals surface area contributed by atoms with Crippen molar-refractivity contribution in [3.8, 4) is 11.6 Å². The molecule has 0 unspecified atom stereocenters. The summed E-state index contributed by atoms with van der Waals surface area (Å²) in [4.78, 5) is 8.83. The van der Waals surface area contributed by atoms with E-state index in [-0.39, 0.29) is 0 Å². The molecule has 0 aliphatic rings. The lowest BCUT2D eigenvalue weighted by Crippen LogP contribution is -2.36. The van der Waals surface area contributed by atoms with Crippen LogP contribution in [0.3, 0.4) is 0 Å². The van der Waals surface area contributed by atoms with Gasteiger partial charge in [-0.25, -0.2) is 9.67 Å². The van der Waals surface area contributed by atoms with Gasteiger partial charge in [0.15, 0.2) is 11.8 Å². The Balaban J connectivity index is 1.56. The highest BCUT2D eigenvalue weighted by atomic mass is 16.5. The molecule has 0 fully saturated rings.